The van der Waals surface area contributed by atoms with Crippen molar-refractivity contribution in [2.45, 2.75) is 20.3 Å². The van der Waals surface area contributed by atoms with Gasteiger partial charge in [0.2, 0.25) is 5.91 Å². The fourth-order valence-electron chi connectivity index (χ4n) is 1.88. The number of amides is 1. The molecule has 1 amide bonds. The second-order valence-corrected chi connectivity index (χ2v) is 4.66. The molecule has 6 heteroatoms. The maximum Gasteiger partial charge on any atom is 0.232 e. The maximum atomic E-state index is 12.1. The molecular weight excluding hydrogens is 273 g/mol. The first-order valence-corrected chi connectivity index (χ1v) is 5.55. The maximum absolute atomic E-state index is 12.1. The van der Waals surface area contributed by atoms with Gasteiger partial charge in [-0.2, -0.15) is 0 Å². The zero-order valence-electron chi connectivity index (χ0n) is 10.5. The minimum atomic E-state index is -0.300. The molecule has 1 aliphatic heterocycles. The molecule has 2 heterocycles. The topological polar surface area (TPSA) is 54.0 Å². The Morgan fingerprint density at radius 2 is 2.22 bits per heavy atom. The third-order valence-electron chi connectivity index (χ3n) is 3.07. The summed E-state index contributed by atoms with van der Waals surface area (Å²) in [6, 6.07) is 3.79. The molecule has 1 unspecified atom stereocenters. The van der Waals surface area contributed by atoms with Gasteiger partial charge in [0.25, 0.3) is 0 Å². The molecule has 102 valence electrons. The molecular formula is C12H19Cl2N3O. The van der Waals surface area contributed by atoms with Crippen LogP contribution in [0.2, 0.25) is 0 Å². The van der Waals surface area contributed by atoms with Gasteiger partial charge < -0.3 is 10.6 Å². The number of carbonyl (C=O) groups is 1. The summed E-state index contributed by atoms with van der Waals surface area (Å²) in [6.45, 7) is 5.62. The Hall–Kier alpha value is -0.840. The van der Waals surface area contributed by atoms with E-state index in [1.165, 1.54) is 0 Å². The van der Waals surface area contributed by atoms with Gasteiger partial charge in [-0.25, -0.2) is 4.98 Å². The predicted molar refractivity (Wildman–Crippen MR) is 77.7 cm³/mol. The zero-order chi connectivity index (χ0) is 11.6. The fourth-order valence-corrected chi connectivity index (χ4v) is 1.88. The average Bonchev–Trinajstić information content (AvgIpc) is 2.66. The number of carbonyl (C=O) groups excluding carboxylic acids is 1. The van der Waals surface area contributed by atoms with Crippen LogP contribution in [-0.4, -0.2) is 24.0 Å². The second-order valence-electron chi connectivity index (χ2n) is 4.66. The highest BCUT2D eigenvalue weighted by atomic mass is 35.5. The number of anilines is 1. The van der Waals surface area contributed by atoms with Gasteiger partial charge in [0.05, 0.1) is 5.41 Å². The highest BCUT2D eigenvalue weighted by Gasteiger charge is 2.36. The van der Waals surface area contributed by atoms with Crippen LogP contribution in [0.3, 0.4) is 0 Å². The molecule has 1 aromatic heterocycles. The van der Waals surface area contributed by atoms with Crippen molar-refractivity contribution in [3.05, 3.63) is 23.9 Å². The van der Waals surface area contributed by atoms with E-state index in [1.54, 1.807) is 6.20 Å². The summed E-state index contributed by atoms with van der Waals surface area (Å²) < 4.78 is 0. The van der Waals surface area contributed by atoms with Crippen molar-refractivity contribution in [1.29, 1.82) is 0 Å². The molecule has 0 radical (unpaired) electrons. The molecule has 0 saturated carbocycles. The van der Waals surface area contributed by atoms with E-state index in [4.69, 9.17) is 0 Å². The first-order valence-electron chi connectivity index (χ1n) is 5.55. The standard InChI is InChI=1S/C12H17N3O.2ClH/c1-9-3-5-14-10(7-9)15-11(16)12(2)4-6-13-8-12;;/h3,5,7,13H,4,6,8H2,1-2H3,(H,14,15,16);2*1H. The Morgan fingerprint density at radius 3 is 2.78 bits per heavy atom. The molecule has 1 aromatic rings. The molecule has 0 bridgehead atoms. The average molecular weight is 292 g/mol. The molecule has 1 fully saturated rings. The van der Waals surface area contributed by atoms with E-state index >= 15 is 0 Å². The van der Waals surface area contributed by atoms with Crippen LogP contribution in [0.25, 0.3) is 0 Å². The van der Waals surface area contributed by atoms with E-state index < -0.39 is 0 Å². The van der Waals surface area contributed by atoms with Gasteiger partial charge in [-0.15, -0.1) is 24.8 Å². The monoisotopic (exact) mass is 291 g/mol. The number of halogens is 2. The second kappa shape index (κ2) is 6.92. The van der Waals surface area contributed by atoms with Gasteiger partial charge in [-0.3, -0.25) is 4.79 Å². The van der Waals surface area contributed by atoms with Crippen molar-refractivity contribution in [2.24, 2.45) is 5.41 Å². The molecule has 1 saturated heterocycles. The first kappa shape index (κ1) is 17.2. The van der Waals surface area contributed by atoms with Crippen molar-refractivity contribution < 1.29 is 4.79 Å². The van der Waals surface area contributed by atoms with Gasteiger partial charge >= 0.3 is 0 Å². The quantitative estimate of drug-likeness (QED) is 0.878. The number of aryl methyl sites for hydroxylation is 1. The van der Waals surface area contributed by atoms with Crippen molar-refractivity contribution >= 4 is 36.5 Å². The van der Waals surface area contributed by atoms with Crippen LogP contribution in [0.4, 0.5) is 5.82 Å². The molecule has 0 aliphatic carbocycles. The number of hydrogen-bond donors (Lipinski definition) is 2. The van der Waals surface area contributed by atoms with E-state index in [1.807, 2.05) is 26.0 Å². The number of nitrogens with zero attached hydrogens (tertiary/aromatic N) is 1. The largest absolute Gasteiger partial charge is 0.316 e. The van der Waals surface area contributed by atoms with E-state index in [9.17, 15) is 4.79 Å². The van der Waals surface area contributed by atoms with Crippen molar-refractivity contribution in [1.82, 2.24) is 10.3 Å². The Morgan fingerprint density at radius 1 is 1.50 bits per heavy atom. The number of aromatic nitrogens is 1. The van der Waals surface area contributed by atoms with Crippen LogP contribution in [0.1, 0.15) is 18.9 Å². The lowest BCUT2D eigenvalue weighted by Crippen LogP contribution is -2.35. The minimum absolute atomic E-state index is 0. The smallest absolute Gasteiger partial charge is 0.232 e. The first-order chi connectivity index (χ1) is 7.60. The van der Waals surface area contributed by atoms with Gasteiger partial charge in [-0.05, 0) is 44.5 Å². The highest BCUT2D eigenvalue weighted by Crippen LogP contribution is 2.26. The van der Waals surface area contributed by atoms with E-state index in [0.717, 1.165) is 25.1 Å². The third-order valence-corrected chi connectivity index (χ3v) is 3.07. The van der Waals surface area contributed by atoms with Crippen molar-refractivity contribution in [2.75, 3.05) is 18.4 Å². The van der Waals surface area contributed by atoms with Gasteiger partial charge in [0.1, 0.15) is 5.82 Å². The molecule has 1 atom stereocenters. The summed E-state index contributed by atoms with van der Waals surface area (Å²) in [5.74, 6) is 0.689. The summed E-state index contributed by atoms with van der Waals surface area (Å²) in [5.41, 5.74) is 0.797. The molecule has 1 aliphatic rings. The molecule has 0 aromatic carbocycles. The molecule has 18 heavy (non-hydrogen) atoms. The van der Waals surface area contributed by atoms with Crippen molar-refractivity contribution in [3.63, 3.8) is 0 Å². The minimum Gasteiger partial charge on any atom is -0.316 e. The highest BCUT2D eigenvalue weighted by molar-refractivity contribution is 5.94. The van der Waals surface area contributed by atoms with Crippen LogP contribution in [-0.2, 0) is 4.79 Å². The summed E-state index contributed by atoms with van der Waals surface area (Å²) >= 11 is 0. The normalized spacial score (nSPS) is 21.7. The summed E-state index contributed by atoms with van der Waals surface area (Å²) in [5, 5.41) is 6.08. The number of pyridine rings is 1. The predicted octanol–water partition coefficient (Wildman–Crippen LogP) is 2.17. The van der Waals surface area contributed by atoms with Crippen LogP contribution >= 0.6 is 24.8 Å². The van der Waals surface area contributed by atoms with Crippen molar-refractivity contribution in [3.8, 4) is 0 Å². The SMILES string of the molecule is Cc1ccnc(NC(=O)C2(C)CCNC2)c1.Cl.Cl. The molecule has 2 rings (SSSR count). The van der Waals surface area contributed by atoms with Crippen LogP contribution in [0, 0.1) is 12.3 Å². The van der Waals surface area contributed by atoms with E-state index in [2.05, 4.69) is 15.6 Å². The molecule has 0 spiro atoms. The zero-order valence-corrected chi connectivity index (χ0v) is 12.2. The van der Waals surface area contributed by atoms with Gasteiger partial charge in [-0.1, -0.05) is 0 Å². The lowest BCUT2D eigenvalue weighted by Gasteiger charge is -2.21. The van der Waals surface area contributed by atoms with Crippen LogP contribution < -0.4 is 10.6 Å². The lowest BCUT2D eigenvalue weighted by atomic mass is 9.89. The van der Waals surface area contributed by atoms with Crippen LogP contribution in [0.5, 0.6) is 0 Å². The number of rotatable bonds is 2. The lowest BCUT2D eigenvalue weighted by molar-refractivity contribution is -0.123. The Labute approximate surface area is 120 Å². The van der Waals surface area contributed by atoms with Crippen LogP contribution in [0.15, 0.2) is 18.3 Å². The number of nitrogens with one attached hydrogen (secondary N) is 2. The fraction of sp³-hybridized carbons (Fsp3) is 0.500. The van der Waals surface area contributed by atoms with E-state index in [0.29, 0.717) is 5.82 Å². The summed E-state index contributed by atoms with van der Waals surface area (Å²) in [6.07, 6.45) is 2.59. The molecule has 2 N–H and O–H groups in total. The Balaban J connectivity index is 0.00000144. The molecule has 4 nitrogen and oxygen atoms in total. The summed E-state index contributed by atoms with van der Waals surface area (Å²) in [7, 11) is 0. The number of hydrogen-bond acceptors (Lipinski definition) is 3. The van der Waals surface area contributed by atoms with Gasteiger partial charge in [0.15, 0.2) is 0 Å². The summed E-state index contributed by atoms with van der Waals surface area (Å²) in [4.78, 5) is 16.2. The third kappa shape index (κ3) is 3.83. The Kier molecular flexibility index (Phi) is 6.60. The Bertz CT molecular complexity index is 406. The van der Waals surface area contributed by atoms with E-state index in [-0.39, 0.29) is 36.1 Å². The van der Waals surface area contributed by atoms with Gasteiger partial charge in [0, 0.05) is 12.7 Å².